The summed E-state index contributed by atoms with van der Waals surface area (Å²) in [4.78, 5) is 0. The Hall–Kier alpha value is -1.61. The second-order valence-electron chi connectivity index (χ2n) is 5.77. The quantitative estimate of drug-likeness (QED) is 0.665. The highest BCUT2D eigenvalue weighted by Gasteiger charge is 2.08. The minimum Gasteiger partial charge on any atom is -0.310 e. The number of hydrogen-bond donors (Lipinski definition) is 2. The first kappa shape index (κ1) is 15.8. The molecule has 0 fully saturated rings. The maximum Gasteiger partial charge on any atom is 0.0695 e. The molecule has 0 saturated heterocycles. The van der Waals surface area contributed by atoms with Crippen molar-refractivity contribution in [3.05, 3.63) is 42.1 Å². The van der Waals surface area contributed by atoms with E-state index in [-0.39, 0.29) is 0 Å². The number of unbranched alkanes of at least 4 members (excludes halogenated alkanes) is 3. The van der Waals surface area contributed by atoms with Crippen molar-refractivity contribution >= 4 is 0 Å². The summed E-state index contributed by atoms with van der Waals surface area (Å²) in [6.07, 6.45) is 8.50. The second kappa shape index (κ2) is 8.63. The molecule has 0 radical (unpaired) electrons. The van der Waals surface area contributed by atoms with Crippen molar-refractivity contribution in [3.8, 4) is 11.3 Å². The highest BCUT2D eigenvalue weighted by molar-refractivity contribution is 5.62. The van der Waals surface area contributed by atoms with Crippen LogP contribution in [-0.4, -0.2) is 16.2 Å². The number of benzene rings is 1. The predicted octanol–water partition coefficient (Wildman–Crippen LogP) is 4.53. The Morgan fingerprint density at radius 3 is 2.71 bits per heavy atom. The number of hydrogen-bond acceptors (Lipinski definition) is 2. The largest absolute Gasteiger partial charge is 0.310 e. The van der Waals surface area contributed by atoms with Crippen LogP contribution in [0.15, 0.2) is 36.5 Å². The van der Waals surface area contributed by atoms with Crippen LogP contribution in [0.5, 0.6) is 0 Å². The summed E-state index contributed by atoms with van der Waals surface area (Å²) in [5, 5.41) is 10.9. The predicted molar refractivity (Wildman–Crippen MR) is 89.1 cm³/mol. The zero-order valence-corrected chi connectivity index (χ0v) is 13.2. The number of H-pyrrole nitrogens is 1. The van der Waals surface area contributed by atoms with E-state index in [1.807, 2.05) is 12.3 Å². The maximum absolute atomic E-state index is 4.20. The van der Waals surface area contributed by atoms with Crippen molar-refractivity contribution in [1.82, 2.24) is 15.5 Å². The third-order valence-electron chi connectivity index (χ3n) is 3.91. The van der Waals surface area contributed by atoms with Crippen LogP contribution in [0, 0.1) is 0 Å². The first-order valence-electron chi connectivity index (χ1n) is 8.12. The van der Waals surface area contributed by atoms with E-state index < -0.39 is 0 Å². The highest BCUT2D eigenvalue weighted by atomic mass is 15.1. The summed E-state index contributed by atoms with van der Waals surface area (Å²) in [7, 11) is 0. The van der Waals surface area contributed by atoms with Gasteiger partial charge in [0, 0.05) is 18.2 Å². The molecule has 0 aliphatic rings. The van der Waals surface area contributed by atoms with Crippen LogP contribution >= 0.6 is 0 Å². The zero-order valence-electron chi connectivity index (χ0n) is 13.2. The lowest BCUT2D eigenvalue weighted by atomic mass is 10.1. The average molecular weight is 285 g/mol. The molecule has 0 bridgehead atoms. The summed E-state index contributed by atoms with van der Waals surface area (Å²) in [6, 6.07) is 10.9. The molecule has 3 nitrogen and oxygen atoms in total. The topological polar surface area (TPSA) is 40.7 Å². The molecular formula is C18H27N3. The van der Waals surface area contributed by atoms with Crippen molar-refractivity contribution in [1.29, 1.82) is 0 Å². The molecule has 2 rings (SSSR count). The molecule has 0 amide bonds. The molecule has 0 saturated carbocycles. The van der Waals surface area contributed by atoms with Gasteiger partial charge in [-0.15, -0.1) is 0 Å². The van der Waals surface area contributed by atoms with Gasteiger partial charge in [-0.25, -0.2) is 0 Å². The van der Waals surface area contributed by atoms with Gasteiger partial charge in [-0.1, -0.05) is 62.9 Å². The molecule has 0 aliphatic carbocycles. The molecule has 3 heteroatoms. The number of nitrogens with zero attached hydrogens (tertiary/aromatic N) is 1. The van der Waals surface area contributed by atoms with Gasteiger partial charge < -0.3 is 5.32 Å². The van der Waals surface area contributed by atoms with E-state index in [2.05, 4.69) is 53.6 Å². The van der Waals surface area contributed by atoms with Gasteiger partial charge in [0.25, 0.3) is 0 Å². The third kappa shape index (κ3) is 5.01. The molecule has 1 atom stereocenters. The second-order valence-corrected chi connectivity index (χ2v) is 5.77. The monoisotopic (exact) mass is 285 g/mol. The van der Waals surface area contributed by atoms with E-state index >= 15 is 0 Å². The van der Waals surface area contributed by atoms with Crippen LogP contribution < -0.4 is 5.32 Å². The Labute approximate surface area is 128 Å². The summed E-state index contributed by atoms with van der Waals surface area (Å²) >= 11 is 0. The summed E-state index contributed by atoms with van der Waals surface area (Å²) in [6.45, 7) is 5.40. The van der Waals surface area contributed by atoms with Gasteiger partial charge in [0.1, 0.15) is 0 Å². The lowest BCUT2D eigenvalue weighted by molar-refractivity contribution is 0.483. The number of nitrogens with one attached hydrogen (secondary N) is 2. The number of rotatable bonds is 9. The van der Waals surface area contributed by atoms with Crippen molar-refractivity contribution < 1.29 is 0 Å². The lowest BCUT2D eigenvalue weighted by Gasteiger charge is -2.13. The average Bonchev–Trinajstić information content (AvgIpc) is 2.99. The van der Waals surface area contributed by atoms with Crippen LogP contribution in [0.25, 0.3) is 11.3 Å². The Balaban J connectivity index is 1.83. The molecule has 2 N–H and O–H groups in total. The van der Waals surface area contributed by atoms with Crippen LogP contribution in [0.2, 0.25) is 0 Å². The summed E-state index contributed by atoms with van der Waals surface area (Å²) in [5.41, 5.74) is 3.56. The van der Waals surface area contributed by atoms with E-state index in [9.17, 15) is 0 Å². The lowest BCUT2D eigenvalue weighted by Crippen LogP contribution is -2.25. The zero-order chi connectivity index (χ0) is 14.9. The van der Waals surface area contributed by atoms with Gasteiger partial charge in [-0.3, -0.25) is 5.10 Å². The van der Waals surface area contributed by atoms with Gasteiger partial charge >= 0.3 is 0 Å². The van der Waals surface area contributed by atoms with E-state index in [0.717, 1.165) is 12.2 Å². The first-order valence-corrected chi connectivity index (χ1v) is 8.12. The van der Waals surface area contributed by atoms with E-state index in [0.29, 0.717) is 6.04 Å². The van der Waals surface area contributed by atoms with Crippen molar-refractivity contribution in [2.45, 2.75) is 58.5 Å². The molecule has 1 unspecified atom stereocenters. The van der Waals surface area contributed by atoms with Gasteiger partial charge in [0.2, 0.25) is 0 Å². The molecule has 1 heterocycles. The normalized spacial score (nSPS) is 12.5. The molecular weight excluding hydrogens is 258 g/mol. The van der Waals surface area contributed by atoms with Crippen molar-refractivity contribution in [2.75, 3.05) is 0 Å². The molecule has 1 aromatic heterocycles. The fourth-order valence-electron chi connectivity index (χ4n) is 2.56. The molecule has 114 valence electrons. The van der Waals surface area contributed by atoms with Crippen LogP contribution in [0.3, 0.4) is 0 Å². The fraction of sp³-hybridized carbons (Fsp3) is 0.500. The minimum atomic E-state index is 0.556. The van der Waals surface area contributed by atoms with Gasteiger partial charge in [-0.05, 0) is 18.9 Å². The molecule has 1 aromatic carbocycles. The molecule has 0 aliphatic heterocycles. The minimum absolute atomic E-state index is 0.556. The summed E-state index contributed by atoms with van der Waals surface area (Å²) in [5.74, 6) is 0. The Kier molecular flexibility index (Phi) is 6.48. The number of aromatic amines is 1. The van der Waals surface area contributed by atoms with Crippen molar-refractivity contribution in [2.24, 2.45) is 0 Å². The molecule has 2 aromatic rings. The Bertz CT molecular complexity index is 504. The SMILES string of the molecule is CCCCCCC(C)NCc1cn[nH]c1-c1ccccc1. The fourth-order valence-corrected chi connectivity index (χ4v) is 2.56. The van der Waals surface area contributed by atoms with Crippen molar-refractivity contribution in [3.63, 3.8) is 0 Å². The van der Waals surface area contributed by atoms with Crippen LogP contribution in [0.4, 0.5) is 0 Å². The smallest absolute Gasteiger partial charge is 0.0695 e. The standard InChI is InChI=1S/C18H27N3/c1-3-4-5-7-10-15(2)19-13-17-14-20-21-18(17)16-11-8-6-9-12-16/h6,8-9,11-12,14-15,19H,3-5,7,10,13H2,1-2H3,(H,20,21). The summed E-state index contributed by atoms with van der Waals surface area (Å²) < 4.78 is 0. The first-order chi connectivity index (χ1) is 10.3. The molecule has 21 heavy (non-hydrogen) atoms. The van der Waals surface area contributed by atoms with Crippen LogP contribution in [-0.2, 0) is 6.54 Å². The molecule has 0 spiro atoms. The highest BCUT2D eigenvalue weighted by Crippen LogP contribution is 2.20. The van der Waals surface area contributed by atoms with Crippen LogP contribution in [0.1, 0.15) is 51.5 Å². The Morgan fingerprint density at radius 1 is 1.14 bits per heavy atom. The third-order valence-corrected chi connectivity index (χ3v) is 3.91. The van der Waals surface area contributed by atoms with E-state index in [1.165, 1.54) is 43.2 Å². The van der Waals surface area contributed by atoms with Gasteiger partial charge in [0.05, 0.1) is 11.9 Å². The number of aromatic nitrogens is 2. The Morgan fingerprint density at radius 2 is 1.95 bits per heavy atom. The maximum atomic E-state index is 4.20. The van der Waals surface area contributed by atoms with E-state index in [4.69, 9.17) is 0 Å². The van der Waals surface area contributed by atoms with Gasteiger partial charge in [-0.2, -0.15) is 5.10 Å². The van der Waals surface area contributed by atoms with E-state index in [1.54, 1.807) is 0 Å². The van der Waals surface area contributed by atoms with Gasteiger partial charge in [0.15, 0.2) is 0 Å².